The average molecular weight is 267 g/mol. The van der Waals surface area contributed by atoms with Gasteiger partial charge in [0.05, 0.1) is 5.69 Å². The molecule has 4 nitrogen and oxygen atoms in total. The van der Waals surface area contributed by atoms with Gasteiger partial charge in [-0.3, -0.25) is 0 Å². The van der Waals surface area contributed by atoms with Gasteiger partial charge in [-0.05, 0) is 42.8 Å². The predicted octanol–water partition coefficient (Wildman–Crippen LogP) is 2.35. The SMILES string of the molecule is Cc1cc(C)n(-c2cc(Br)nc(C)n2)n1. The number of rotatable bonds is 1. The molecule has 2 aromatic rings. The van der Waals surface area contributed by atoms with Crippen molar-refractivity contribution in [1.29, 1.82) is 0 Å². The monoisotopic (exact) mass is 266 g/mol. The highest BCUT2D eigenvalue weighted by Crippen LogP contribution is 2.14. The lowest BCUT2D eigenvalue weighted by Gasteiger charge is -2.04. The van der Waals surface area contributed by atoms with Crippen molar-refractivity contribution in [2.45, 2.75) is 20.8 Å². The quantitative estimate of drug-likeness (QED) is 0.745. The number of aryl methyl sites for hydroxylation is 3. The first kappa shape index (κ1) is 10.3. The molecule has 0 unspecified atom stereocenters. The van der Waals surface area contributed by atoms with E-state index in [0.717, 1.165) is 27.6 Å². The van der Waals surface area contributed by atoms with Crippen molar-refractivity contribution in [3.05, 3.63) is 33.9 Å². The van der Waals surface area contributed by atoms with Gasteiger partial charge in [0.1, 0.15) is 10.4 Å². The second-order valence-electron chi connectivity index (χ2n) is 3.43. The highest BCUT2D eigenvalue weighted by Gasteiger charge is 2.06. The fraction of sp³-hybridized carbons (Fsp3) is 0.300. The van der Waals surface area contributed by atoms with E-state index in [1.54, 1.807) is 0 Å². The van der Waals surface area contributed by atoms with Gasteiger partial charge < -0.3 is 0 Å². The molecule has 0 saturated carbocycles. The van der Waals surface area contributed by atoms with E-state index in [4.69, 9.17) is 0 Å². The Kier molecular flexibility index (Phi) is 2.56. The van der Waals surface area contributed by atoms with Crippen molar-refractivity contribution in [3.63, 3.8) is 0 Å². The van der Waals surface area contributed by atoms with Gasteiger partial charge in [-0.15, -0.1) is 0 Å². The molecule has 78 valence electrons. The van der Waals surface area contributed by atoms with Crippen molar-refractivity contribution in [2.75, 3.05) is 0 Å². The molecule has 5 heteroatoms. The number of halogens is 1. The number of hydrogen-bond donors (Lipinski definition) is 0. The molecule has 0 fully saturated rings. The molecule has 2 heterocycles. The molecule has 0 aliphatic carbocycles. The summed E-state index contributed by atoms with van der Waals surface area (Å²) in [6, 6.07) is 3.87. The van der Waals surface area contributed by atoms with Crippen LogP contribution in [-0.2, 0) is 0 Å². The Morgan fingerprint density at radius 3 is 2.40 bits per heavy atom. The minimum Gasteiger partial charge on any atom is -0.226 e. The smallest absolute Gasteiger partial charge is 0.158 e. The lowest BCUT2D eigenvalue weighted by atomic mass is 10.4. The van der Waals surface area contributed by atoms with Crippen LogP contribution in [0, 0.1) is 20.8 Å². The predicted molar refractivity (Wildman–Crippen MR) is 61.1 cm³/mol. The third kappa shape index (κ3) is 2.07. The summed E-state index contributed by atoms with van der Waals surface area (Å²) in [5.74, 6) is 1.52. The van der Waals surface area contributed by atoms with E-state index in [-0.39, 0.29) is 0 Å². The Hall–Kier alpha value is -1.23. The first-order valence-corrected chi connectivity index (χ1v) is 5.40. The van der Waals surface area contributed by atoms with Crippen LogP contribution in [0.1, 0.15) is 17.2 Å². The van der Waals surface area contributed by atoms with Gasteiger partial charge in [0, 0.05) is 11.8 Å². The molecule has 2 aromatic heterocycles. The molecule has 2 rings (SSSR count). The minimum atomic E-state index is 0.729. The second kappa shape index (κ2) is 3.73. The summed E-state index contributed by atoms with van der Waals surface area (Å²) in [5.41, 5.74) is 2.05. The fourth-order valence-corrected chi connectivity index (χ4v) is 1.95. The van der Waals surface area contributed by atoms with E-state index in [1.807, 2.05) is 37.6 Å². The van der Waals surface area contributed by atoms with Crippen LogP contribution < -0.4 is 0 Å². The Balaban J connectivity index is 2.58. The Labute approximate surface area is 96.5 Å². The summed E-state index contributed by atoms with van der Waals surface area (Å²) >= 11 is 3.35. The number of nitrogens with zero attached hydrogens (tertiary/aromatic N) is 4. The van der Waals surface area contributed by atoms with E-state index in [1.165, 1.54) is 0 Å². The van der Waals surface area contributed by atoms with Gasteiger partial charge in [0.25, 0.3) is 0 Å². The summed E-state index contributed by atoms with van der Waals surface area (Å²) in [7, 11) is 0. The van der Waals surface area contributed by atoms with Crippen LogP contribution in [0.4, 0.5) is 0 Å². The van der Waals surface area contributed by atoms with E-state index >= 15 is 0 Å². The molecular weight excluding hydrogens is 256 g/mol. The van der Waals surface area contributed by atoms with Crippen LogP contribution in [0.5, 0.6) is 0 Å². The highest BCUT2D eigenvalue weighted by molar-refractivity contribution is 9.10. The summed E-state index contributed by atoms with van der Waals surface area (Å²) in [6.07, 6.45) is 0. The first-order chi connectivity index (χ1) is 7.06. The second-order valence-corrected chi connectivity index (χ2v) is 4.25. The van der Waals surface area contributed by atoms with Gasteiger partial charge in [-0.2, -0.15) is 5.10 Å². The van der Waals surface area contributed by atoms with Gasteiger partial charge in [0.2, 0.25) is 0 Å². The number of hydrogen-bond acceptors (Lipinski definition) is 3. The molecule has 15 heavy (non-hydrogen) atoms. The zero-order valence-electron chi connectivity index (χ0n) is 8.82. The van der Waals surface area contributed by atoms with Crippen molar-refractivity contribution < 1.29 is 0 Å². The molecule has 0 atom stereocenters. The van der Waals surface area contributed by atoms with Crippen molar-refractivity contribution in [2.24, 2.45) is 0 Å². The normalized spacial score (nSPS) is 10.7. The lowest BCUT2D eigenvalue weighted by Crippen LogP contribution is -2.04. The number of aromatic nitrogens is 4. The summed E-state index contributed by atoms with van der Waals surface area (Å²) in [6.45, 7) is 5.83. The van der Waals surface area contributed by atoms with Crippen molar-refractivity contribution in [1.82, 2.24) is 19.7 Å². The maximum absolute atomic E-state index is 4.37. The highest BCUT2D eigenvalue weighted by atomic mass is 79.9. The molecule has 0 aromatic carbocycles. The van der Waals surface area contributed by atoms with Crippen LogP contribution in [0.2, 0.25) is 0 Å². The van der Waals surface area contributed by atoms with Crippen LogP contribution in [-0.4, -0.2) is 19.7 Å². The topological polar surface area (TPSA) is 43.6 Å². The third-order valence-corrected chi connectivity index (χ3v) is 2.43. The van der Waals surface area contributed by atoms with Crippen LogP contribution in [0.15, 0.2) is 16.7 Å². The zero-order chi connectivity index (χ0) is 11.0. The van der Waals surface area contributed by atoms with Crippen molar-refractivity contribution >= 4 is 15.9 Å². The Morgan fingerprint density at radius 1 is 1.13 bits per heavy atom. The third-order valence-electron chi connectivity index (χ3n) is 2.02. The maximum atomic E-state index is 4.37. The summed E-state index contributed by atoms with van der Waals surface area (Å²) in [4.78, 5) is 8.50. The largest absolute Gasteiger partial charge is 0.226 e. The standard InChI is InChI=1S/C10H11BrN4/c1-6-4-7(2)15(14-6)10-5-9(11)12-8(3)13-10/h4-5H,1-3H3. The lowest BCUT2D eigenvalue weighted by molar-refractivity contribution is 0.790. The molecule has 0 N–H and O–H groups in total. The molecule has 0 saturated heterocycles. The molecule has 0 amide bonds. The van der Waals surface area contributed by atoms with Gasteiger partial charge in [0.15, 0.2) is 5.82 Å². The van der Waals surface area contributed by atoms with Gasteiger partial charge in [-0.25, -0.2) is 14.6 Å². The van der Waals surface area contributed by atoms with E-state index < -0.39 is 0 Å². The van der Waals surface area contributed by atoms with Gasteiger partial charge in [-0.1, -0.05) is 0 Å². The molecule has 0 aliphatic heterocycles. The van der Waals surface area contributed by atoms with Crippen LogP contribution >= 0.6 is 15.9 Å². The molecule has 0 spiro atoms. The fourth-order valence-electron chi connectivity index (χ4n) is 1.49. The maximum Gasteiger partial charge on any atom is 0.158 e. The van der Waals surface area contributed by atoms with Crippen LogP contribution in [0.3, 0.4) is 0 Å². The van der Waals surface area contributed by atoms with Crippen molar-refractivity contribution in [3.8, 4) is 5.82 Å². The molecular formula is C10H11BrN4. The van der Waals surface area contributed by atoms with E-state index in [0.29, 0.717) is 0 Å². The van der Waals surface area contributed by atoms with E-state index in [9.17, 15) is 0 Å². The van der Waals surface area contributed by atoms with Crippen LogP contribution in [0.25, 0.3) is 5.82 Å². The van der Waals surface area contributed by atoms with E-state index in [2.05, 4.69) is 31.0 Å². The summed E-state index contributed by atoms with van der Waals surface area (Å²) in [5, 5.41) is 4.37. The molecule has 0 aliphatic rings. The minimum absolute atomic E-state index is 0.729. The Morgan fingerprint density at radius 2 is 1.87 bits per heavy atom. The van der Waals surface area contributed by atoms with Gasteiger partial charge >= 0.3 is 0 Å². The first-order valence-electron chi connectivity index (χ1n) is 4.61. The zero-order valence-corrected chi connectivity index (χ0v) is 10.4. The Bertz CT molecular complexity index is 484. The average Bonchev–Trinajstić information content (AvgIpc) is 2.43. The molecule has 0 radical (unpaired) electrons. The molecule has 0 bridgehead atoms. The summed E-state index contributed by atoms with van der Waals surface area (Å²) < 4.78 is 2.59.